The van der Waals surface area contributed by atoms with E-state index in [1.165, 1.54) is 0 Å². The van der Waals surface area contributed by atoms with Gasteiger partial charge in [0.2, 0.25) is 6.79 Å². The molecule has 9 heteroatoms. The number of ether oxygens (including phenoxy) is 4. The molecule has 0 aliphatic carbocycles. The van der Waals surface area contributed by atoms with E-state index < -0.39 is 24.5 Å². The van der Waals surface area contributed by atoms with E-state index in [0.29, 0.717) is 28.3 Å². The average molecular weight is 416 g/mol. The fraction of sp³-hybridized carbons (Fsp3) is 0.381. The smallest absolute Gasteiger partial charge is 0.355 e. The van der Waals surface area contributed by atoms with E-state index >= 15 is 0 Å². The van der Waals surface area contributed by atoms with Crippen LogP contribution in [0.2, 0.25) is 0 Å². The lowest BCUT2D eigenvalue weighted by atomic mass is 10.1. The van der Waals surface area contributed by atoms with Gasteiger partial charge in [-0.1, -0.05) is 6.07 Å². The number of aromatic amines is 1. The Bertz CT molecular complexity index is 978. The van der Waals surface area contributed by atoms with Gasteiger partial charge in [-0.15, -0.1) is 0 Å². The topological polar surface area (TPSA) is 116 Å². The van der Waals surface area contributed by atoms with E-state index in [2.05, 4.69) is 10.3 Å². The van der Waals surface area contributed by atoms with Crippen molar-refractivity contribution in [3.63, 3.8) is 0 Å². The molecule has 160 valence electrons. The summed E-state index contributed by atoms with van der Waals surface area (Å²) in [6, 6.07) is 5.35. The van der Waals surface area contributed by atoms with Crippen molar-refractivity contribution in [2.75, 3.05) is 13.4 Å². The summed E-state index contributed by atoms with van der Waals surface area (Å²) in [7, 11) is 0. The summed E-state index contributed by atoms with van der Waals surface area (Å²) >= 11 is 0. The van der Waals surface area contributed by atoms with Crippen LogP contribution in [0.4, 0.5) is 0 Å². The summed E-state index contributed by atoms with van der Waals surface area (Å²) < 4.78 is 20.8. The normalized spacial score (nSPS) is 12.0. The molecule has 0 radical (unpaired) electrons. The predicted molar refractivity (Wildman–Crippen MR) is 106 cm³/mol. The second-order valence-electron chi connectivity index (χ2n) is 7.12. The molecule has 1 aromatic heterocycles. The maximum absolute atomic E-state index is 12.4. The van der Waals surface area contributed by atoms with Gasteiger partial charge >= 0.3 is 11.9 Å². The van der Waals surface area contributed by atoms with Gasteiger partial charge in [-0.25, -0.2) is 9.59 Å². The first-order valence-electron chi connectivity index (χ1n) is 9.48. The molecule has 0 saturated heterocycles. The van der Waals surface area contributed by atoms with Crippen molar-refractivity contribution in [3.8, 4) is 11.5 Å². The predicted octanol–water partition coefficient (Wildman–Crippen LogP) is 2.40. The number of carbonyl (C=O) groups is 3. The zero-order valence-electron chi connectivity index (χ0n) is 17.3. The Labute approximate surface area is 173 Å². The van der Waals surface area contributed by atoms with Crippen molar-refractivity contribution in [1.29, 1.82) is 0 Å². The first-order valence-corrected chi connectivity index (χ1v) is 9.48. The van der Waals surface area contributed by atoms with Crippen LogP contribution in [0.25, 0.3) is 0 Å². The van der Waals surface area contributed by atoms with E-state index in [1.54, 1.807) is 39.8 Å². The maximum Gasteiger partial charge on any atom is 0.355 e. The Morgan fingerprint density at radius 1 is 1.13 bits per heavy atom. The van der Waals surface area contributed by atoms with Gasteiger partial charge in [0.05, 0.1) is 11.7 Å². The van der Waals surface area contributed by atoms with Crippen molar-refractivity contribution in [2.45, 2.75) is 40.3 Å². The quantitative estimate of drug-likeness (QED) is 0.666. The van der Waals surface area contributed by atoms with Crippen LogP contribution in [0.1, 0.15) is 51.5 Å². The van der Waals surface area contributed by atoms with Crippen LogP contribution in [0, 0.1) is 13.8 Å². The number of carbonyl (C=O) groups excluding carboxylic acids is 3. The Kier molecular flexibility index (Phi) is 6.29. The van der Waals surface area contributed by atoms with Gasteiger partial charge in [-0.05, 0) is 51.0 Å². The minimum atomic E-state index is -0.725. The first kappa shape index (κ1) is 21.2. The van der Waals surface area contributed by atoms with E-state index in [1.807, 2.05) is 6.07 Å². The number of aromatic nitrogens is 1. The van der Waals surface area contributed by atoms with Crippen molar-refractivity contribution in [2.24, 2.45) is 0 Å². The molecule has 9 nitrogen and oxygen atoms in total. The molecule has 2 N–H and O–H groups in total. The van der Waals surface area contributed by atoms with E-state index in [-0.39, 0.29) is 25.1 Å². The highest BCUT2D eigenvalue weighted by atomic mass is 16.7. The highest BCUT2D eigenvalue weighted by Gasteiger charge is 2.25. The lowest BCUT2D eigenvalue weighted by Crippen LogP contribution is -2.28. The molecular weight excluding hydrogens is 392 g/mol. The van der Waals surface area contributed by atoms with Crippen LogP contribution >= 0.6 is 0 Å². The number of hydrogen-bond donors (Lipinski definition) is 2. The molecule has 0 unspecified atom stereocenters. The molecule has 1 aromatic carbocycles. The summed E-state index contributed by atoms with van der Waals surface area (Å²) in [4.78, 5) is 39.5. The number of aryl methyl sites for hydroxylation is 1. The highest BCUT2D eigenvalue weighted by Crippen LogP contribution is 2.32. The number of esters is 2. The number of hydrogen-bond acceptors (Lipinski definition) is 7. The number of fused-ring (bicyclic) bond motifs is 1. The lowest BCUT2D eigenvalue weighted by Gasteiger charge is -2.08. The Hall–Kier alpha value is -3.49. The number of amides is 1. The fourth-order valence-corrected chi connectivity index (χ4v) is 3.04. The van der Waals surface area contributed by atoms with Crippen molar-refractivity contribution in [1.82, 2.24) is 10.3 Å². The van der Waals surface area contributed by atoms with Gasteiger partial charge in [0.15, 0.2) is 18.1 Å². The molecule has 3 rings (SSSR count). The Morgan fingerprint density at radius 3 is 2.60 bits per heavy atom. The maximum atomic E-state index is 12.4. The molecule has 0 saturated carbocycles. The second kappa shape index (κ2) is 8.89. The average Bonchev–Trinajstić information content (AvgIpc) is 3.27. The monoisotopic (exact) mass is 416 g/mol. The number of H-pyrrole nitrogens is 1. The van der Waals surface area contributed by atoms with Crippen LogP contribution in [0.15, 0.2) is 18.2 Å². The third kappa shape index (κ3) is 4.73. The third-order valence-electron chi connectivity index (χ3n) is 4.45. The Balaban J connectivity index is 1.54. The van der Waals surface area contributed by atoms with Crippen molar-refractivity contribution in [3.05, 3.63) is 46.3 Å². The minimum Gasteiger partial charge on any atom is -0.459 e. The van der Waals surface area contributed by atoms with E-state index in [4.69, 9.17) is 18.9 Å². The summed E-state index contributed by atoms with van der Waals surface area (Å²) in [5.74, 6) is -0.416. The largest absolute Gasteiger partial charge is 0.459 e. The number of benzene rings is 1. The van der Waals surface area contributed by atoms with Gasteiger partial charge in [-0.2, -0.15) is 0 Å². The van der Waals surface area contributed by atoms with Crippen LogP contribution in [0.5, 0.6) is 11.5 Å². The summed E-state index contributed by atoms with van der Waals surface area (Å²) in [6.45, 7) is 6.75. The molecule has 0 atom stereocenters. The van der Waals surface area contributed by atoms with Crippen LogP contribution < -0.4 is 14.8 Å². The Morgan fingerprint density at radius 2 is 1.87 bits per heavy atom. The fourth-order valence-electron chi connectivity index (χ4n) is 3.04. The number of rotatable bonds is 7. The van der Waals surface area contributed by atoms with Crippen LogP contribution in [-0.4, -0.2) is 42.3 Å². The molecule has 0 fully saturated rings. The highest BCUT2D eigenvalue weighted by molar-refractivity contribution is 5.99. The summed E-state index contributed by atoms with van der Waals surface area (Å²) in [5.41, 5.74) is 2.15. The summed E-state index contributed by atoms with van der Waals surface area (Å²) in [6.07, 6.45) is -0.282. The molecule has 1 aliphatic rings. The molecule has 0 spiro atoms. The van der Waals surface area contributed by atoms with Crippen LogP contribution in [-0.2, 0) is 20.8 Å². The van der Waals surface area contributed by atoms with E-state index in [0.717, 1.165) is 5.56 Å². The van der Waals surface area contributed by atoms with Gasteiger partial charge < -0.3 is 29.2 Å². The lowest BCUT2D eigenvalue weighted by molar-refractivity contribution is -0.124. The SMILES string of the molecule is Cc1[nH]c(C(=O)OCC(=O)NCc2ccc3c(c2)OCO3)c(C)c1C(=O)OC(C)C. The first-order chi connectivity index (χ1) is 14.3. The summed E-state index contributed by atoms with van der Waals surface area (Å²) in [5, 5.41) is 2.67. The minimum absolute atomic E-state index is 0.117. The van der Waals surface area contributed by atoms with Crippen molar-refractivity contribution < 1.29 is 33.3 Å². The molecule has 1 aliphatic heterocycles. The van der Waals surface area contributed by atoms with Gasteiger partial charge in [-0.3, -0.25) is 4.79 Å². The van der Waals surface area contributed by atoms with Gasteiger partial charge in [0, 0.05) is 12.2 Å². The van der Waals surface area contributed by atoms with Crippen molar-refractivity contribution >= 4 is 17.8 Å². The molecule has 2 aromatic rings. The van der Waals surface area contributed by atoms with Gasteiger partial charge in [0.1, 0.15) is 5.69 Å². The second-order valence-corrected chi connectivity index (χ2v) is 7.12. The molecule has 30 heavy (non-hydrogen) atoms. The van der Waals surface area contributed by atoms with Gasteiger partial charge in [0.25, 0.3) is 5.91 Å². The number of nitrogens with one attached hydrogen (secondary N) is 2. The zero-order chi connectivity index (χ0) is 21.8. The molecule has 1 amide bonds. The molecule has 0 bridgehead atoms. The van der Waals surface area contributed by atoms with E-state index in [9.17, 15) is 14.4 Å². The standard InChI is InChI=1S/C21H24N2O7/c1-11(2)30-20(25)18-12(3)19(23-13(18)4)21(26)27-9-17(24)22-8-14-5-6-15-16(7-14)29-10-28-15/h5-7,11,23H,8-10H2,1-4H3,(H,22,24). The molecule has 2 heterocycles. The third-order valence-corrected chi connectivity index (χ3v) is 4.45. The zero-order valence-corrected chi connectivity index (χ0v) is 17.3. The van der Waals surface area contributed by atoms with Crippen LogP contribution in [0.3, 0.4) is 0 Å². The molecular formula is C21H24N2O7.